The highest BCUT2D eigenvalue weighted by Gasteiger charge is 2.36. The van der Waals surface area contributed by atoms with E-state index in [0.29, 0.717) is 12.8 Å². The summed E-state index contributed by atoms with van der Waals surface area (Å²) in [5, 5.41) is 0. The van der Waals surface area contributed by atoms with Crippen molar-refractivity contribution >= 4 is 46.4 Å². The summed E-state index contributed by atoms with van der Waals surface area (Å²) in [5.41, 5.74) is 0. The lowest BCUT2D eigenvalue weighted by molar-refractivity contribution is 0.0162. The van der Waals surface area contributed by atoms with Gasteiger partial charge < -0.3 is 4.74 Å². The third-order valence-electron chi connectivity index (χ3n) is 3.44. The standard InChI is InChI=1S/C16H30Cl4O/c1-3-5-7-9-11-13-15(17,18)21-16(19,20)14-12-10-8-6-4-2/h3-14H2,1-2H3. The van der Waals surface area contributed by atoms with E-state index in [9.17, 15) is 0 Å². The van der Waals surface area contributed by atoms with E-state index >= 15 is 0 Å². The summed E-state index contributed by atoms with van der Waals surface area (Å²) < 4.78 is 2.92. The Balaban J connectivity index is 3.87. The van der Waals surface area contributed by atoms with Crippen LogP contribution in [-0.2, 0) is 4.74 Å². The zero-order chi connectivity index (χ0) is 16.2. The first-order chi connectivity index (χ1) is 9.83. The third-order valence-corrected chi connectivity index (χ3v) is 4.51. The molecule has 0 aromatic rings. The molecule has 0 aliphatic rings. The Bertz CT molecular complexity index is 220. The summed E-state index contributed by atoms with van der Waals surface area (Å²) in [6, 6.07) is 0. The lowest BCUT2D eigenvalue weighted by Gasteiger charge is -2.29. The highest BCUT2D eigenvalue weighted by atomic mass is 35.5. The zero-order valence-corrected chi connectivity index (χ0v) is 16.4. The van der Waals surface area contributed by atoms with E-state index < -0.39 is 9.04 Å². The number of unbranched alkanes of at least 4 members (excludes halogenated alkanes) is 8. The topological polar surface area (TPSA) is 9.23 Å². The Morgan fingerprint density at radius 2 is 0.905 bits per heavy atom. The normalized spacial score (nSPS) is 12.9. The predicted octanol–water partition coefficient (Wildman–Crippen LogP) is 7.99. The Hall–Kier alpha value is 1.12. The van der Waals surface area contributed by atoms with Crippen LogP contribution in [-0.4, -0.2) is 9.04 Å². The highest BCUT2D eigenvalue weighted by Crippen LogP contribution is 2.40. The molecule has 0 heterocycles. The molecule has 0 aliphatic heterocycles. The molecule has 0 bridgehead atoms. The van der Waals surface area contributed by atoms with Crippen molar-refractivity contribution in [2.45, 2.75) is 99.9 Å². The third kappa shape index (κ3) is 14.4. The molecule has 21 heavy (non-hydrogen) atoms. The SMILES string of the molecule is CCCCCCCC(Cl)(Cl)OC(Cl)(Cl)CCCCCCC. The van der Waals surface area contributed by atoms with Crippen LogP contribution in [0.5, 0.6) is 0 Å². The van der Waals surface area contributed by atoms with Crippen molar-refractivity contribution in [3.63, 3.8) is 0 Å². The van der Waals surface area contributed by atoms with Crippen LogP contribution < -0.4 is 0 Å². The number of hydrogen-bond donors (Lipinski definition) is 0. The number of rotatable bonds is 14. The molecule has 0 rings (SSSR count). The first-order valence-corrected chi connectivity index (χ1v) is 9.80. The largest absolute Gasteiger partial charge is 0.310 e. The lowest BCUT2D eigenvalue weighted by Crippen LogP contribution is -2.29. The van der Waals surface area contributed by atoms with Crippen LogP contribution in [0.4, 0.5) is 0 Å². The molecular formula is C16H30Cl4O. The van der Waals surface area contributed by atoms with E-state index in [2.05, 4.69) is 13.8 Å². The van der Waals surface area contributed by atoms with E-state index in [4.69, 9.17) is 51.1 Å². The van der Waals surface area contributed by atoms with Crippen LogP contribution in [0.2, 0.25) is 0 Å². The van der Waals surface area contributed by atoms with Crippen LogP contribution in [0, 0.1) is 0 Å². The molecule has 0 amide bonds. The van der Waals surface area contributed by atoms with E-state index in [1.54, 1.807) is 0 Å². The molecule has 0 aromatic heterocycles. The summed E-state index contributed by atoms with van der Waals surface area (Å²) in [4.78, 5) is 0. The summed E-state index contributed by atoms with van der Waals surface area (Å²) in [6.07, 6.45) is 12.5. The molecule has 0 aliphatic carbocycles. The Morgan fingerprint density at radius 3 is 1.24 bits per heavy atom. The van der Waals surface area contributed by atoms with Gasteiger partial charge in [-0.3, -0.25) is 0 Å². The van der Waals surface area contributed by atoms with Gasteiger partial charge >= 0.3 is 0 Å². The van der Waals surface area contributed by atoms with Gasteiger partial charge in [0, 0.05) is 12.8 Å². The van der Waals surface area contributed by atoms with Gasteiger partial charge in [-0.05, 0) is 12.8 Å². The second kappa shape index (κ2) is 12.5. The fourth-order valence-electron chi connectivity index (χ4n) is 2.19. The molecule has 0 aromatic carbocycles. The zero-order valence-electron chi connectivity index (χ0n) is 13.4. The number of halogens is 4. The van der Waals surface area contributed by atoms with Gasteiger partial charge in [-0.25, -0.2) is 0 Å². The van der Waals surface area contributed by atoms with Gasteiger partial charge in [-0.15, -0.1) is 0 Å². The molecule has 0 saturated heterocycles. The van der Waals surface area contributed by atoms with Crippen LogP contribution in [0.3, 0.4) is 0 Å². The van der Waals surface area contributed by atoms with Crippen LogP contribution in [0.1, 0.15) is 90.9 Å². The molecule has 0 saturated carbocycles. The molecule has 1 nitrogen and oxygen atoms in total. The van der Waals surface area contributed by atoms with Crippen molar-refractivity contribution in [1.82, 2.24) is 0 Å². The molecule has 0 unspecified atom stereocenters. The fourth-order valence-corrected chi connectivity index (χ4v) is 3.41. The number of ether oxygens (including phenoxy) is 1. The molecule has 5 heteroatoms. The first kappa shape index (κ1) is 22.1. The van der Waals surface area contributed by atoms with Gasteiger partial charge in [-0.1, -0.05) is 112 Å². The predicted molar refractivity (Wildman–Crippen MR) is 96.7 cm³/mol. The van der Waals surface area contributed by atoms with Crippen molar-refractivity contribution in [3.8, 4) is 0 Å². The van der Waals surface area contributed by atoms with Gasteiger partial charge in [0.25, 0.3) is 0 Å². The molecule has 0 atom stereocenters. The minimum atomic E-state index is -1.29. The van der Waals surface area contributed by atoms with Crippen LogP contribution in [0.25, 0.3) is 0 Å². The Labute approximate surface area is 151 Å². The Morgan fingerprint density at radius 1 is 0.571 bits per heavy atom. The fraction of sp³-hybridized carbons (Fsp3) is 1.00. The minimum absolute atomic E-state index is 0.552. The molecule has 0 fully saturated rings. The van der Waals surface area contributed by atoms with Gasteiger partial charge in [-0.2, -0.15) is 0 Å². The monoisotopic (exact) mass is 378 g/mol. The molecule has 0 spiro atoms. The molecule has 128 valence electrons. The van der Waals surface area contributed by atoms with Crippen LogP contribution >= 0.6 is 46.4 Å². The number of hydrogen-bond acceptors (Lipinski definition) is 1. The summed E-state index contributed by atoms with van der Waals surface area (Å²) in [7, 11) is 0. The minimum Gasteiger partial charge on any atom is -0.310 e. The molecule has 0 N–H and O–H groups in total. The Kier molecular flexibility index (Phi) is 13.2. The molecule has 0 radical (unpaired) electrons. The second-order valence-electron chi connectivity index (χ2n) is 5.71. The summed E-state index contributed by atoms with van der Waals surface area (Å²) in [5.74, 6) is 0. The molecular weight excluding hydrogens is 350 g/mol. The van der Waals surface area contributed by atoms with Crippen molar-refractivity contribution in [2.75, 3.05) is 0 Å². The van der Waals surface area contributed by atoms with Gasteiger partial charge in [0.2, 0.25) is 9.04 Å². The van der Waals surface area contributed by atoms with Crippen molar-refractivity contribution < 1.29 is 4.74 Å². The smallest absolute Gasteiger partial charge is 0.220 e. The van der Waals surface area contributed by atoms with Gasteiger partial charge in [0.1, 0.15) is 0 Å². The van der Waals surface area contributed by atoms with Crippen molar-refractivity contribution in [2.24, 2.45) is 0 Å². The second-order valence-corrected chi connectivity index (χ2v) is 8.53. The highest BCUT2D eigenvalue weighted by molar-refractivity contribution is 6.50. The lowest BCUT2D eigenvalue weighted by atomic mass is 10.1. The van der Waals surface area contributed by atoms with E-state index in [-0.39, 0.29) is 0 Å². The number of alkyl halides is 4. The quantitative estimate of drug-likeness (QED) is 0.219. The average Bonchev–Trinajstić information content (AvgIpc) is 2.36. The maximum Gasteiger partial charge on any atom is 0.220 e. The summed E-state index contributed by atoms with van der Waals surface area (Å²) >= 11 is 24.7. The van der Waals surface area contributed by atoms with Gasteiger partial charge in [0.15, 0.2) is 0 Å². The maximum absolute atomic E-state index is 6.17. The van der Waals surface area contributed by atoms with Crippen molar-refractivity contribution in [1.29, 1.82) is 0 Å². The maximum atomic E-state index is 6.17. The summed E-state index contributed by atoms with van der Waals surface area (Å²) in [6.45, 7) is 4.37. The average molecular weight is 380 g/mol. The van der Waals surface area contributed by atoms with E-state index in [1.165, 1.54) is 38.5 Å². The van der Waals surface area contributed by atoms with Crippen LogP contribution in [0.15, 0.2) is 0 Å². The van der Waals surface area contributed by atoms with Gasteiger partial charge in [0.05, 0.1) is 0 Å². The first-order valence-electron chi connectivity index (χ1n) is 8.29. The van der Waals surface area contributed by atoms with E-state index in [0.717, 1.165) is 25.7 Å². The van der Waals surface area contributed by atoms with E-state index in [1.807, 2.05) is 0 Å². The van der Waals surface area contributed by atoms with Crippen molar-refractivity contribution in [3.05, 3.63) is 0 Å².